The number of carbonyl (C=O) groups is 1. The van der Waals surface area contributed by atoms with Crippen LogP contribution >= 0.6 is 11.6 Å². The Morgan fingerprint density at radius 1 is 1.22 bits per heavy atom. The first kappa shape index (κ1) is 12.7. The minimum absolute atomic E-state index is 0.0815. The van der Waals surface area contributed by atoms with Crippen molar-refractivity contribution < 1.29 is 9.21 Å². The predicted octanol–water partition coefficient (Wildman–Crippen LogP) is 3.73. The van der Waals surface area contributed by atoms with Gasteiger partial charge >= 0.3 is 0 Å². The quantitative estimate of drug-likeness (QED) is 0.917. The van der Waals surface area contributed by atoms with Crippen LogP contribution in [0.3, 0.4) is 0 Å². The number of amides is 1. The summed E-state index contributed by atoms with van der Waals surface area (Å²) in [5.41, 5.74) is 2.24. The van der Waals surface area contributed by atoms with E-state index in [2.05, 4.69) is 5.32 Å². The second-order valence-corrected chi connectivity index (χ2v) is 4.58. The van der Waals surface area contributed by atoms with Crippen LogP contribution in [0.25, 0.3) is 0 Å². The third-order valence-electron chi connectivity index (χ3n) is 2.72. The van der Waals surface area contributed by atoms with Gasteiger partial charge in [-0.2, -0.15) is 0 Å². The molecule has 1 N–H and O–H groups in total. The SMILES string of the molecule is Cc1ccc(C(C)NC(=O)c2ccc(Cl)o2)cc1. The summed E-state index contributed by atoms with van der Waals surface area (Å²) in [7, 11) is 0. The summed E-state index contributed by atoms with van der Waals surface area (Å²) in [5.74, 6) is -0.0473. The van der Waals surface area contributed by atoms with Gasteiger partial charge in [-0.25, -0.2) is 0 Å². The minimum Gasteiger partial charge on any atom is -0.440 e. The number of furan rings is 1. The van der Waals surface area contributed by atoms with Crippen molar-refractivity contribution in [3.05, 3.63) is 58.5 Å². The van der Waals surface area contributed by atoms with E-state index in [1.165, 1.54) is 5.56 Å². The highest BCUT2D eigenvalue weighted by Crippen LogP contribution is 2.16. The maximum atomic E-state index is 11.8. The first-order valence-corrected chi connectivity index (χ1v) is 6.07. The van der Waals surface area contributed by atoms with Crippen molar-refractivity contribution in [3.8, 4) is 0 Å². The molecule has 0 spiro atoms. The summed E-state index contributed by atoms with van der Waals surface area (Å²) in [5, 5.41) is 3.07. The molecule has 0 bridgehead atoms. The van der Waals surface area contributed by atoms with Gasteiger partial charge in [-0.15, -0.1) is 0 Å². The van der Waals surface area contributed by atoms with Crippen LogP contribution in [-0.2, 0) is 0 Å². The number of aryl methyl sites for hydroxylation is 1. The van der Waals surface area contributed by atoms with E-state index in [4.69, 9.17) is 16.0 Å². The number of hydrogen-bond acceptors (Lipinski definition) is 2. The maximum Gasteiger partial charge on any atom is 0.287 e. The zero-order chi connectivity index (χ0) is 13.1. The Kier molecular flexibility index (Phi) is 3.72. The van der Waals surface area contributed by atoms with E-state index in [0.717, 1.165) is 5.56 Å². The number of halogens is 1. The predicted molar refractivity (Wildman–Crippen MR) is 70.8 cm³/mol. The van der Waals surface area contributed by atoms with Gasteiger partial charge in [0.2, 0.25) is 0 Å². The molecule has 0 saturated heterocycles. The van der Waals surface area contributed by atoms with Gasteiger partial charge < -0.3 is 9.73 Å². The Morgan fingerprint density at radius 3 is 2.44 bits per heavy atom. The second kappa shape index (κ2) is 5.27. The molecule has 0 radical (unpaired) electrons. The summed E-state index contributed by atoms with van der Waals surface area (Å²) < 4.78 is 5.05. The zero-order valence-electron chi connectivity index (χ0n) is 10.2. The highest BCUT2D eigenvalue weighted by atomic mass is 35.5. The number of benzene rings is 1. The molecule has 4 heteroatoms. The molecule has 2 rings (SSSR count). The molecule has 18 heavy (non-hydrogen) atoms. The molecule has 1 atom stereocenters. The molecule has 0 aliphatic heterocycles. The van der Waals surface area contributed by atoms with Crippen LogP contribution in [0, 0.1) is 6.92 Å². The lowest BCUT2D eigenvalue weighted by Crippen LogP contribution is -2.26. The number of hydrogen-bond donors (Lipinski definition) is 1. The minimum atomic E-state index is -0.269. The Balaban J connectivity index is 2.05. The third-order valence-corrected chi connectivity index (χ3v) is 2.93. The van der Waals surface area contributed by atoms with E-state index in [0.29, 0.717) is 0 Å². The monoisotopic (exact) mass is 263 g/mol. The van der Waals surface area contributed by atoms with Gasteiger partial charge in [-0.1, -0.05) is 29.8 Å². The summed E-state index contributed by atoms with van der Waals surface area (Å²) in [6.07, 6.45) is 0. The molecule has 0 aliphatic carbocycles. The number of rotatable bonds is 3. The van der Waals surface area contributed by atoms with Crippen molar-refractivity contribution in [1.82, 2.24) is 5.32 Å². The fourth-order valence-electron chi connectivity index (χ4n) is 1.64. The summed E-state index contributed by atoms with van der Waals surface area (Å²) in [6, 6.07) is 11.0. The van der Waals surface area contributed by atoms with Gasteiger partial charge in [0, 0.05) is 0 Å². The molecular weight excluding hydrogens is 250 g/mol. The fraction of sp³-hybridized carbons (Fsp3) is 0.214. The fourth-order valence-corrected chi connectivity index (χ4v) is 1.79. The second-order valence-electron chi connectivity index (χ2n) is 4.21. The van der Waals surface area contributed by atoms with Crippen LogP contribution in [-0.4, -0.2) is 5.91 Å². The molecule has 2 aromatic rings. The molecule has 94 valence electrons. The van der Waals surface area contributed by atoms with Crippen LogP contribution in [0.4, 0.5) is 0 Å². The van der Waals surface area contributed by atoms with Crippen molar-refractivity contribution in [2.75, 3.05) is 0 Å². The largest absolute Gasteiger partial charge is 0.440 e. The summed E-state index contributed by atoms with van der Waals surface area (Å²) in [4.78, 5) is 11.8. The van der Waals surface area contributed by atoms with E-state index in [-0.39, 0.29) is 22.9 Å². The average molecular weight is 264 g/mol. The van der Waals surface area contributed by atoms with Crippen molar-refractivity contribution in [2.24, 2.45) is 0 Å². The lowest BCUT2D eigenvalue weighted by Gasteiger charge is -2.13. The highest BCUT2D eigenvalue weighted by Gasteiger charge is 2.14. The van der Waals surface area contributed by atoms with Gasteiger partial charge in [0.05, 0.1) is 6.04 Å². The molecule has 0 saturated carbocycles. The Hall–Kier alpha value is -1.74. The van der Waals surface area contributed by atoms with E-state index in [9.17, 15) is 4.79 Å². The summed E-state index contributed by atoms with van der Waals surface area (Å²) in [6.45, 7) is 3.95. The van der Waals surface area contributed by atoms with Gasteiger partial charge in [0.15, 0.2) is 11.0 Å². The van der Waals surface area contributed by atoms with Crippen LogP contribution in [0.2, 0.25) is 5.22 Å². The van der Waals surface area contributed by atoms with E-state index in [1.54, 1.807) is 12.1 Å². The average Bonchev–Trinajstić information content (AvgIpc) is 2.76. The van der Waals surface area contributed by atoms with Gasteiger partial charge in [-0.3, -0.25) is 4.79 Å². The molecule has 1 amide bonds. The Bertz CT molecular complexity index is 545. The van der Waals surface area contributed by atoms with Crippen molar-refractivity contribution >= 4 is 17.5 Å². The lowest BCUT2D eigenvalue weighted by atomic mass is 10.1. The standard InChI is InChI=1S/C14H14ClNO2/c1-9-3-5-11(6-4-9)10(2)16-14(17)12-7-8-13(15)18-12/h3-8,10H,1-2H3,(H,16,17). The van der Waals surface area contributed by atoms with Gasteiger partial charge in [-0.05, 0) is 43.1 Å². The number of carbonyl (C=O) groups excluding carboxylic acids is 1. The molecular formula is C14H14ClNO2. The zero-order valence-corrected chi connectivity index (χ0v) is 11.0. The topological polar surface area (TPSA) is 42.2 Å². The normalized spacial score (nSPS) is 12.2. The molecule has 3 nitrogen and oxygen atoms in total. The van der Waals surface area contributed by atoms with Gasteiger partial charge in [0.1, 0.15) is 0 Å². The molecule has 1 aromatic heterocycles. The third kappa shape index (κ3) is 2.93. The smallest absolute Gasteiger partial charge is 0.287 e. The van der Waals surface area contributed by atoms with Gasteiger partial charge in [0.25, 0.3) is 5.91 Å². The van der Waals surface area contributed by atoms with Crippen molar-refractivity contribution in [2.45, 2.75) is 19.9 Å². The lowest BCUT2D eigenvalue weighted by molar-refractivity contribution is 0.0912. The summed E-state index contributed by atoms with van der Waals surface area (Å²) >= 11 is 5.63. The van der Waals surface area contributed by atoms with E-state index >= 15 is 0 Å². The van der Waals surface area contributed by atoms with Crippen molar-refractivity contribution in [1.29, 1.82) is 0 Å². The van der Waals surface area contributed by atoms with E-state index < -0.39 is 0 Å². The van der Waals surface area contributed by atoms with Crippen LogP contribution < -0.4 is 5.32 Å². The molecule has 0 fully saturated rings. The Morgan fingerprint density at radius 2 is 1.89 bits per heavy atom. The molecule has 1 heterocycles. The van der Waals surface area contributed by atoms with Crippen LogP contribution in [0.1, 0.15) is 34.6 Å². The molecule has 1 aromatic carbocycles. The number of nitrogens with one attached hydrogen (secondary N) is 1. The molecule has 0 aliphatic rings. The highest BCUT2D eigenvalue weighted by molar-refractivity contribution is 6.29. The maximum absolute atomic E-state index is 11.8. The van der Waals surface area contributed by atoms with Crippen molar-refractivity contribution in [3.63, 3.8) is 0 Å². The van der Waals surface area contributed by atoms with E-state index in [1.807, 2.05) is 38.1 Å². The van der Waals surface area contributed by atoms with Crippen LogP contribution in [0.15, 0.2) is 40.8 Å². The molecule has 1 unspecified atom stereocenters. The first-order chi connectivity index (χ1) is 8.56. The first-order valence-electron chi connectivity index (χ1n) is 5.69. The van der Waals surface area contributed by atoms with Crippen LogP contribution in [0.5, 0.6) is 0 Å². The Labute approximate surface area is 111 Å².